The van der Waals surface area contributed by atoms with E-state index in [2.05, 4.69) is 6.08 Å². The van der Waals surface area contributed by atoms with Crippen molar-refractivity contribution in [2.45, 2.75) is 161 Å². The lowest BCUT2D eigenvalue weighted by atomic mass is 9.38. The molecule has 0 aromatic heterocycles. The average molecular weight is 725 g/mol. The second-order valence-electron chi connectivity index (χ2n) is 18.2. The van der Waals surface area contributed by atoms with E-state index in [-0.39, 0.29) is 43.8 Å². The molecule has 0 unspecified atom stereocenters. The van der Waals surface area contributed by atoms with Crippen LogP contribution in [-0.4, -0.2) is 120 Å². The van der Waals surface area contributed by atoms with Crippen molar-refractivity contribution in [3.63, 3.8) is 0 Å². The summed E-state index contributed by atoms with van der Waals surface area (Å²) in [6.07, 6.45) is -7.70. The van der Waals surface area contributed by atoms with Crippen LogP contribution < -0.4 is 0 Å². The summed E-state index contributed by atoms with van der Waals surface area (Å²) in [5, 5.41) is 76.5. The number of allylic oxidation sites excluding steroid dienone is 1. The Bertz CT molecular complexity index is 1420. The molecule has 13 heteroatoms. The lowest BCUT2D eigenvalue weighted by Gasteiger charge is -2.65. The number of aliphatic hydroxyl groups excluding tert-OH is 6. The van der Waals surface area contributed by atoms with Crippen molar-refractivity contribution < 1.29 is 64.3 Å². The monoisotopic (exact) mass is 724 g/mol. The average Bonchev–Trinajstić information content (AvgIpc) is 3.22. The summed E-state index contributed by atoms with van der Waals surface area (Å²) < 4.78 is 17.1. The van der Waals surface area contributed by atoms with Gasteiger partial charge in [-0.3, -0.25) is 14.4 Å². The Kier molecular flexibility index (Phi) is 10.4. The molecule has 5 aliphatic rings. The molecule has 0 radical (unpaired) electrons. The molecule has 1 aliphatic heterocycles. The van der Waals surface area contributed by atoms with Gasteiger partial charge in [0, 0.05) is 36.5 Å². The predicted molar refractivity (Wildman–Crippen MR) is 181 cm³/mol. The van der Waals surface area contributed by atoms with Gasteiger partial charge in [0.2, 0.25) is 0 Å². The topological polar surface area (TPSA) is 221 Å². The second kappa shape index (κ2) is 13.2. The molecular formula is C38H60O13. The largest absolute Gasteiger partial charge is 0.460 e. The fourth-order valence-electron chi connectivity index (χ4n) is 11.3. The number of fused-ring (bicyclic) bond motifs is 5. The molecule has 0 spiro atoms. The number of ketones is 2. The van der Waals surface area contributed by atoms with Gasteiger partial charge in [-0.1, -0.05) is 46.3 Å². The molecule has 290 valence electrons. The van der Waals surface area contributed by atoms with Crippen LogP contribution >= 0.6 is 0 Å². The van der Waals surface area contributed by atoms with Crippen molar-refractivity contribution in [1.82, 2.24) is 0 Å². The number of esters is 1. The number of carbonyl (C=O) groups excluding carboxylic acids is 3. The van der Waals surface area contributed by atoms with E-state index in [1.165, 1.54) is 13.8 Å². The van der Waals surface area contributed by atoms with Crippen molar-refractivity contribution in [3.8, 4) is 0 Å². The Labute approximate surface area is 300 Å². The zero-order valence-electron chi connectivity index (χ0n) is 31.5. The highest BCUT2D eigenvalue weighted by Crippen LogP contribution is 2.74. The van der Waals surface area contributed by atoms with E-state index in [0.29, 0.717) is 6.42 Å². The van der Waals surface area contributed by atoms with Crippen LogP contribution in [0.25, 0.3) is 0 Å². The van der Waals surface area contributed by atoms with Gasteiger partial charge < -0.3 is 50.0 Å². The summed E-state index contributed by atoms with van der Waals surface area (Å²) in [6.45, 7) is 15.1. The first-order valence-electron chi connectivity index (χ1n) is 18.3. The minimum atomic E-state index is -1.98. The summed E-state index contributed by atoms with van der Waals surface area (Å²) >= 11 is 0. The highest BCUT2D eigenvalue weighted by atomic mass is 16.7. The molecule has 5 rings (SSSR count). The third kappa shape index (κ3) is 6.16. The van der Waals surface area contributed by atoms with Gasteiger partial charge in [-0.05, 0) is 69.1 Å². The van der Waals surface area contributed by atoms with Crippen molar-refractivity contribution in [2.75, 3.05) is 6.61 Å². The quantitative estimate of drug-likeness (QED) is 0.132. The van der Waals surface area contributed by atoms with Crippen molar-refractivity contribution in [3.05, 3.63) is 11.6 Å². The summed E-state index contributed by atoms with van der Waals surface area (Å²) in [4.78, 5) is 40.2. The van der Waals surface area contributed by atoms with Gasteiger partial charge in [0.25, 0.3) is 0 Å². The van der Waals surface area contributed by atoms with E-state index in [0.717, 1.165) is 5.57 Å². The summed E-state index contributed by atoms with van der Waals surface area (Å²) in [5.41, 5.74) is -5.59. The van der Waals surface area contributed by atoms with Crippen LogP contribution in [0.4, 0.5) is 0 Å². The molecular weight excluding hydrogens is 664 g/mol. The molecule has 0 aromatic rings. The normalized spacial score (nSPS) is 46.2. The summed E-state index contributed by atoms with van der Waals surface area (Å²) in [6, 6.07) is 0. The lowest BCUT2D eigenvalue weighted by molar-refractivity contribution is -0.323. The number of ether oxygens (including phenoxy) is 3. The van der Waals surface area contributed by atoms with E-state index in [1.54, 1.807) is 13.8 Å². The van der Waals surface area contributed by atoms with Gasteiger partial charge in [0.15, 0.2) is 12.1 Å². The van der Waals surface area contributed by atoms with Gasteiger partial charge in [-0.15, -0.1) is 0 Å². The van der Waals surface area contributed by atoms with E-state index in [1.807, 2.05) is 34.6 Å². The van der Waals surface area contributed by atoms with Crippen LogP contribution in [0.15, 0.2) is 11.6 Å². The minimum absolute atomic E-state index is 0.00834. The molecule has 13 nitrogen and oxygen atoms in total. The van der Waals surface area contributed by atoms with Gasteiger partial charge >= 0.3 is 5.97 Å². The van der Waals surface area contributed by atoms with Gasteiger partial charge in [-0.2, -0.15) is 0 Å². The Balaban J connectivity index is 1.46. The zero-order chi connectivity index (χ0) is 38.4. The maximum Gasteiger partial charge on any atom is 0.303 e. The van der Waals surface area contributed by atoms with Crippen LogP contribution in [0.2, 0.25) is 0 Å². The molecule has 4 aliphatic carbocycles. The van der Waals surface area contributed by atoms with E-state index in [9.17, 15) is 50.1 Å². The summed E-state index contributed by atoms with van der Waals surface area (Å²) in [5.74, 6) is -2.77. The van der Waals surface area contributed by atoms with E-state index < -0.39 is 112 Å². The number of aliphatic hydroxyl groups is 7. The fraction of sp³-hybridized carbons (Fsp3) is 0.868. The molecule has 4 fully saturated rings. The van der Waals surface area contributed by atoms with Gasteiger partial charge in [0.1, 0.15) is 41.4 Å². The zero-order valence-corrected chi connectivity index (χ0v) is 31.5. The molecule has 1 heterocycles. The molecule has 3 saturated carbocycles. The highest BCUT2D eigenvalue weighted by molar-refractivity contribution is 5.90. The first-order valence-corrected chi connectivity index (χ1v) is 18.3. The van der Waals surface area contributed by atoms with Crippen LogP contribution in [0.3, 0.4) is 0 Å². The van der Waals surface area contributed by atoms with Crippen molar-refractivity contribution in [2.24, 2.45) is 39.4 Å². The van der Waals surface area contributed by atoms with Crippen molar-refractivity contribution >= 4 is 17.5 Å². The molecule has 0 aromatic carbocycles. The summed E-state index contributed by atoms with van der Waals surface area (Å²) in [7, 11) is 0. The predicted octanol–water partition coefficient (Wildman–Crippen LogP) is 1.34. The van der Waals surface area contributed by atoms with Crippen LogP contribution in [0.5, 0.6) is 0 Å². The van der Waals surface area contributed by atoms with Crippen LogP contribution in [-0.2, 0) is 28.6 Å². The third-order valence-electron chi connectivity index (χ3n) is 14.3. The lowest BCUT2D eigenvalue weighted by Crippen LogP contribution is -2.66. The van der Waals surface area contributed by atoms with Crippen LogP contribution in [0, 0.1) is 39.4 Å². The van der Waals surface area contributed by atoms with Crippen LogP contribution in [0.1, 0.15) is 101 Å². The first kappa shape index (κ1) is 40.4. The molecule has 1 saturated heterocycles. The molecule has 15 atom stereocenters. The Morgan fingerprint density at radius 2 is 1.61 bits per heavy atom. The molecule has 7 N–H and O–H groups in total. The van der Waals surface area contributed by atoms with Gasteiger partial charge in [-0.25, -0.2) is 0 Å². The first-order chi connectivity index (χ1) is 23.3. The SMILES string of the molecule is CC(=O)OC(C)(C)CCC(=O)[C@](C)(O)[C@H]1[C@H](O)C[C@@]2(C)[C@H]3CC=C4[C@@H](C[C@H](O[C@@H]5O[C@H](CO)[C@@H](O)[C@H](O)[C@H]5O)[C@@H](O)C4(C)C)[C@]3(C)C(=O)C[C@]12C. The standard InChI is InChI=1S/C38H60O13/c1-18(40)51-33(2,3)13-12-25(42)38(9,48)30-21(41)15-35(6)24-11-10-19-20(37(24,8)26(43)16-36(30,35)7)14-22(31(47)34(19,4)5)49-32-29(46)28(45)27(44)23(17-39)50-32/h10,20-24,27-32,39,41,44-48H,11-17H2,1-9H3/t20-,21-,22+,23-,24-,27-,28+,29-,30+,31-,32-,35+,36-,37+,38+/m1/s1. The van der Waals surface area contributed by atoms with E-state index in [4.69, 9.17) is 14.2 Å². The molecule has 0 bridgehead atoms. The number of Topliss-reactive ketones (excluding diaryl/α,β-unsaturated/α-hetero) is 2. The Morgan fingerprint density at radius 3 is 2.20 bits per heavy atom. The second-order valence-corrected chi connectivity index (χ2v) is 18.2. The Morgan fingerprint density at radius 1 is 0.980 bits per heavy atom. The maximum absolute atomic E-state index is 14.8. The van der Waals surface area contributed by atoms with E-state index >= 15 is 0 Å². The minimum Gasteiger partial charge on any atom is -0.460 e. The number of hydrogen-bond donors (Lipinski definition) is 7. The smallest absolute Gasteiger partial charge is 0.303 e. The van der Waals surface area contributed by atoms with Gasteiger partial charge in [0.05, 0.1) is 24.9 Å². The third-order valence-corrected chi connectivity index (χ3v) is 14.3. The number of rotatable bonds is 9. The molecule has 0 amide bonds. The Hall–Kier alpha value is -1.81. The molecule has 51 heavy (non-hydrogen) atoms. The highest BCUT2D eigenvalue weighted by Gasteiger charge is 2.74. The maximum atomic E-state index is 14.8. The van der Waals surface area contributed by atoms with Crippen molar-refractivity contribution in [1.29, 1.82) is 0 Å². The number of hydrogen-bond acceptors (Lipinski definition) is 13. The number of carbonyl (C=O) groups is 3. The fourth-order valence-corrected chi connectivity index (χ4v) is 11.3.